The normalized spacial score (nSPS) is 19.8. The van der Waals surface area contributed by atoms with Gasteiger partial charge >= 0.3 is 0 Å². The molecule has 1 heterocycles. The molecular formula is C15H27N3O. The summed E-state index contributed by atoms with van der Waals surface area (Å²) >= 11 is 0. The summed E-state index contributed by atoms with van der Waals surface area (Å²) in [6.07, 6.45) is 6.47. The van der Waals surface area contributed by atoms with Crippen molar-refractivity contribution in [1.82, 2.24) is 9.78 Å². The molecule has 1 aromatic rings. The molecule has 19 heavy (non-hydrogen) atoms. The summed E-state index contributed by atoms with van der Waals surface area (Å²) < 4.78 is 7.87. The van der Waals surface area contributed by atoms with E-state index in [1.165, 1.54) is 18.5 Å². The van der Waals surface area contributed by atoms with E-state index in [0.29, 0.717) is 0 Å². The van der Waals surface area contributed by atoms with Gasteiger partial charge in [0.15, 0.2) is 0 Å². The fraction of sp³-hybridized carbons (Fsp3) is 0.800. The van der Waals surface area contributed by atoms with Crippen LogP contribution >= 0.6 is 0 Å². The third-order valence-corrected chi connectivity index (χ3v) is 4.54. The number of rotatable bonds is 6. The Morgan fingerprint density at radius 3 is 2.63 bits per heavy atom. The maximum Gasteiger partial charge on any atom is 0.0832 e. The zero-order chi connectivity index (χ0) is 13.9. The van der Waals surface area contributed by atoms with Crippen molar-refractivity contribution < 1.29 is 4.74 Å². The lowest BCUT2D eigenvalue weighted by Gasteiger charge is -2.34. The minimum absolute atomic E-state index is 0.0618. The van der Waals surface area contributed by atoms with E-state index in [4.69, 9.17) is 10.5 Å². The van der Waals surface area contributed by atoms with Crippen molar-refractivity contribution in [2.24, 2.45) is 5.73 Å². The van der Waals surface area contributed by atoms with Crippen LogP contribution in [0, 0.1) is 0 Å². The summed E-state index contributed by atoms with van der Waals surface area (Å²) in [7, 11) is 1.81. The van der Waals surface area contributed by atoms with Crippen LogP contribution in [-0.2, 0) is 24.1 Å². The molecule has 0 amide bonds. The number of hydrogen-bond donors (Lipinski definition) is 1. The second-order valence-electron chi connectivity index (χ2n) is 5.58. The lowest BCUT2D eigenvalue weighted by atomic mass is 9.89. The van der Waals surface area contributed by atoms with Crippen LogP contribution in [0.2, 0.25) is 0 Å². The van der Waals surface area contributed by atoms with Crippen LogP contribution in [0.3, 0.4) is 0 Å². The molecule has 0 aliphatic heterocycles. The number of methoxy groups -OCH3 is 1. The fourth-order valence-corrected chi connectivity index (χ4v) is 3.24. The van der Waals surface area contributed by atoms with Gasteiger partial charge in [0.05, 0.1) is 11.3 Å². The summed E-state index contributed by atoms with van der Waals surface area (Å²) in [6, 6.07) is 2.26. The Balaban J connectivity index is 2.13. The quantitative estimate of drug-likeness (QED) is 0.858. The monoisotopic (exact) mass is 265 g/mol. The van der Waals surface area contributed by atoms with Crippen molar-refractivity contribution in [2.45, 2.75) is 70.6 Å². The summed E-state index contributed by atoms with van der Waals surface area (Å²) in [5, 5.41) is 4.60. The van der Waals surface area contributed by atoms with Gasteiger partial charge in [-0.05, 0) is 32.3 Å². The Morgan fingerprint density at radius 1 is 1.42 bits per heavy atom. The molecule has 1 saturated carbocycles. The van der Waals surface area contributed by atoms with Crippen LogP contribution in [0.25, 0.3) is 0 Å². The van der Waals surface area contributed by atoms with Crippen molar-refractivity contribution in [3.8, 4) is 0 Å². The zero-order valence-electron chi connectivity index (χ0n) is 12.5. The Morgan fingerprint density at radius 2 is 2.11 bits per heavy atom. The number of aryl methyl sites for hydroxylation is 2. The largest absolute Gasteiger partial charge is 0.377 e. The SMILES string of the molecule is CCc1cc(CC(N)C2(OC)CCCC2)n(CC)n1. The van der Waals surface area contributed by atoms with Crippen molar-refractivity contribution in [1.29, 1.82) is 0 Å². The minimum atomic E-state index is -0.116. The topological polar surface area (TPSA) is 53.1 Å². The Labute approximate surface area is 116 Å². The summed E-state index contributed by atoms with van der Waals surface area (Å²) in [5.74, 6) is 0. The van der Waals surface area contributed by atoms with E-state index >= 15 is 0 Å². The van der Waals surface area contributed by atoms with E-state index in [0.717, 1.165) is 37.9 Å². The third kappa shape index (κ3) is 2.84. The fourth-order valence-electron chi connectivity index (χ4n) is 3.24. The average Bonchev–Trinajstić information content (AvgIpc) is 3.05. The molecule has 0 saturated heterocycles. The Kier molecular flexibility index (Phi) is 4.63. The van der Waals surface area contributed by atoms with Gasteiger partial charge < -0.3 is 10.5 Å². The second kappa shape index (κ2) is 6.06. The van der Waals surface area contributed by atoms with Crippen LogP contribution < -0.4 is 5.73 Å². The molecular weight excluding hydrogens is 238 g/mol. The van der Waals surface area contributed by atoms with Crippen molar-refractivity contribution in [2.75, 3.05) is 7.11 Å². The molecule has 2 rings (SSSR count). The molecule has 0 bridgehead atoms. The first-order chi connectivity index (χ1) is 9.15. The van der Waals surface area contributed by atoms with Crippen molar-refractivity contribution in [3.63, 3.8) is 0 Å². The van der Waals surface area contributed by atoms with Crippen LogP contribution in [0.4, 0.5) is 0 Å². The predicted molar refractivity (Wildman–Crippen MR) is 77.2 cm³/mol. The second-order valence-corrected chi connectivity index (χ2v) is 5.58. The maximum atomic E-state index is 6.46. The van der Waals surface area contributed by atoms with Crippen LogP contribution in [0.5, 0.6) is 0 Å². The summed E-state index contributed by atoms with van der Waals surface area (Å²) in [6.45, 7) is 5.17. The van der Waals surface area contributed by atoms with Gasteiger partial charge in [-0.25, -0.2) is 0 Å². The number of hydrogen-bond acceptors (Lipinski definition) is 3. The molecule has 4 nitrogen and oxygen atoms in total. The Bertz CT molecular complexity index is 408. The van der Waals surface area contributed by atoms with Crippen LogP contribution in [0.1, 0.15) is 50.9 Å². The van der Waals surface area contributed by atoms with E-state index in [1.54, 1.807) is 7.11 Å². The van der Waals surface area contributed by atoms with E-state index in [2.05, 4.69) is 29.7 Å². The molecule has 1 atom stereocenters. The first-order valence-electron chi connectivity index (χ1n) is 7.51. The molecule has 2 N–H and O–H groups in total. The maximum absolute atomic E-state index is 6.46. The van der Waals surface area contributed by atoms with Crippen LogP contribution in [-0.4, -0.2) is 28.5 Å². The molecule has 1 aliphatic rings. The molecule has 108 valence electrons. The Hall–Kier alpha value is -0.870. The zero-order valence-corrected chi connectivity index (χ0v) is 12.5. The van der Waals surface area contributed by atoms with E-state index < -0.39 is 0 Å². The number of nitrogens with two attached hydrogens (primary N) is 1. The van der Waals surface area contributed by atoms with Gasteiger partial charge in [0.2, 0.25) is 0 Å². The van der Waals surface area contributed by atoms with E-state index in [1.807, 2.05) is 0 Å². The van der Waals surface area contributed by atoms with Crippen molar-refractivity contribution >= 4 is 0 Å². The summed E-state index contributed by atoms with van der Waals surface area (Å²) in [5.41, 5.74) is 8.75. The van der Waals surface area contributed by atoms with Crippen molar-refractivity contribution in [3.05, 3.63) is 17.5 Å². The first kappa shape index (κ1) is 14.5. The third-order valence-electron chi connectivity index (χ3n) is 4.54. The molecule has 0 aromatic carbocycles. The highest BCUT2D eigenvalue weighted by molar-refractivity contribution is 5.14. The highest BCUT2D eigenvalue weighted by atomic mass is 16.5. The lowest BCUT2D eigenvalue weighted by Crippen LogP contribution is -2.49. The van der Waals surface area contributed by atoms with Gasteiger partial charge in [0.25, 0.3) is 0 Å². The molecule has 1 aromatic heterocycles. The average molecular weight is 265 g/mol. The smallest absolute Gasteiger partial charge is 0.0832 e. The number of nitrogens with zero attached hydrogens (tertiary/aromatic N) is 2. The highest BCUT2D eigenvalue weighted by Gasteiger charge is 2.39. The van der Waals surface area contributed by atoms with E-state index in [-0.39, 0.29) is 11.6 Å². The van der Waals surface area contributed by atoms with E-state index in [9.17, 15) is 0 Å². The molecule has 1 aliphatic carbocycles. The van der Waals surface area contributed by atoms with Gasteiger partial charge in [-0.3, -0.25) is 4.68 Å². The first-order valence-corrected chi connectivity index (χ1v) is 7.51. The molecule has 4 heteroatoms. The highest BCUT2D eigenvalue weighted by Crippen LogP contribution is 2.36. The number of aromatic nitrogens is 2. The minimum Gasteiger partial charge on any atom is -0.377 e. The molecule has 1 fully saturated rings. The molecule has 0 radical (unpaired) electrons. The van der Waals surface area contributed by atoms with Gasteiger partial charge in [-0.1, -0.05) is 19.8 Å². The number of ether oxygens (including phenoxy) is 1. The predicted octanol–water partition coefficient (Wildman–Crippen LogP) is 2.29. The van der Waals surface area contributed by atoms with Crippen LogP contribution in [0.15, 0.2) is 6.07 Å². The van der Waals surface area contributed by atoms with Gasteiger partial charge in [0, 0.05) is 31.8 Å². The van der Waals surface area contributed by atoms with Gasteiger partial charge in [-0.15, -0.1) is 0 Å². The standard InChI is InChI=1S/C15H27N3O/c1-4-12-10-13(18(5-2)17-12)11-14(16)15(19-3)8-6-7-9-15/h10,14H,4-9,11,16H2,1-3H3. The summed E-state index contributed by atoms with van der Waals surface area (Å²) in [4.78, 5) is 0. The van der Waals surface area contributed by atoms with Gasteiger partial charge in [-0.2, -0.15) is 5.10 Å². The van der Waals surface area contributed by atoms with Gasteiger partial charge in [0.1, 0.15) is 0 Å². The molecule has 1 unspecified atom stereocenters. The lowest BCUT2D eigenvalue weighted by molar-refractivity contribution is -0.0257. The molecule has 0 spiro atoms.